The second kappa shape index (κ2) is 7.42. The van der Waals surface area contributed by atoms with Crippen LogP contribution in [-0.2, 0) is 4.74 Å². The molecule has 0 fully saturated rings. The summed E-state index contributed by atoms with van der Waals surface area (Å²) in [6, 6.07) is 9.70. The van der Waals surface area contributed by atoms with Crippen LogP contribution in [0.2, 0.25) is 5.15 Å². The summed E-state index contributed by atoms with van der Waals surface area (Å²) in [4.78, 5) is 27.1. The molecule has 7 heteroatoms. The van der Waals surface area contributed by atoms with Crippen LogP contribution in [-0.4, -0.2) is 23.6 Å². The summed E-state index contributed by atoms with van der Waals surface area (Å²) in [5.41, 5.74) is 1.57. The molecule has 1 heterocycles. The fraction of sp³-hybridized carbons (Fsp3) is 0.133. The van der Waals surface area contributed by atoms with Gasteiger partial charge in [0.25, 0.3) is 5.91 Å². The van der Waals surface area contributed by atoms with Gasteiger partial charge in [-0.1, -0.05) is 11.6 Å². The first kappa shape index (κ1) is 15.8. The topological polar surface area (TPSA) is 80.3 Å². The Kier molecular flexibility index (Phi) is 5.32. The van der Waals surface area contributed by atoms with Crippen LogP contribution in [0.5, 0.6) is 0 Å². The minimum absolute atomic E-state index is 0.252. The summed E-state index contributed by atoms with van der Waals surface area (Å²) in [7, 11) is 0. The number of benzene rings is 1. The number of nitrogens with one attached hydrogen (secondary N) is 2. The zero-order valence-electron chi connectivity index (χ0n) is 11.8. The van der Waals surface area contributed by atoms with Gasteiger partial charge in [-0.25, -0.2) is 9.78 Å². The Morgan fingerprint density at radius 3 is 2.36 bits per heavy atom. The number of nitrogens with zero attached hydrogens (tertiary/aromatic N) is 1. The molecule has 0 saturated carbocycles. The van der Waals surface area contributed by atoms with E-state index in [2.05, 4.69) is 15.6 Å². The van der Waals surface area contributed by atoms with Gasteiger partial charge in [0, 0.05) is 23.1 Å². The van der Waals surface area contributed by atoms with Gasteiger partial charge in [0.15, 0.2) is 0 Å². The minimum atomic E-state index is -0.522. The summed E-state index contributed by atoms with van der Waals surface area (Å²) in [5, 5.41) is 5.54. The molecule has 6 nitrogen and oxygen atoms in total. The third-order valence-electron chi connectivity index (χ3n) is 2.65. The highest BCUT2D eigenvalue weighted by Crippen LogP contribution is 2.15. The first-order valence-corrected chi connectivity index (χ1v) is 6.93. The van der Waals surface area contributed by atoms with Gasteiger partial charge in [-0.15, -0.1) is 0 Å². The molecule has 0 spiro atoms. The molecule has 0 aliphatic rings. The monoisotopic (exact) mass is 319 g/mol. The Labute approximate surface area is 132 Å². The molecule has 1 aromatic carbocycles. The van der Waals surface area contributed by atoms with Crippen LogP contribution in [0.4, 0.5) is 16.2 Å². The third kappa shape index (κ3) is 4.46. The van der Waals surface area contributed by atoms with E-state index < -0.39 is 6.09 Å². The van der Waals surface area contributed by atoms with Gasteiger partial charge in [-0.05, 0) is 43.3 Å². The highest BCUT2D eigenvalue weighted by Gasteiger charge is 2.07. The number of pyridine rings is 1. The minimum Gasteiger partial charge on any atom is -0.450 e. The van der Waals surface area contributed by atoms with E-state index in [4.69, 9.17) is 16.3 Å². The van der Waals surface area contributed by atoms with Crippen molar-refractivity contribution in [3.63, 3.8) is 0 Å². The molecular weight excluding hydrogens is 306 g/mol. The maximum absolute atomic E-state index is 12.0. The second-order valence-electron chi connectivity index (χ2n) is 4.24. The first-order valence-electron chi connectivity index (χ1n) is 6.55. The quantitative estimate of drug-likeness (QED) is 0.844. The van der Waals surface area contributed by atoms with Crippen LogP contribution in [0.1, 0.15) is 17.3 Å². The number of rotatable bonds is 4. The summed E-state index contributed by atoms with van der Waals surface area (Å²) in [6.07, 6.45) is 0.939. The van der Waals surface area contributed by atoms with E-state index in [0.717, 1.165) is 0 Å². The predicted molar refractivity (Wildman–Crippen MR) is 84.3 cm³/mol. The molecule has 22 heavy (non-hydrogen) atoms. The zero-order chi connectivity index (χ0) is 15.9. The number of hydrogen-bond acceptors (Lipinski definition) is 4. The third-order valence-corrected chi connectivity index (χ3v) is 2.86. The van der Waals surface area contributed by atoms with E-state index in [9.17, 15) is 9.59 Å². The van der Waals surface area contributed by atoms with Crippen molar-refractivity contribution in [1.29, 1.82) is 0 Å². The maximum atomic E-state index is 12.0. The molecule has 114 valence electrons. The Morgan fingerprint density at radius 2 is 1.77 bits per heavy atom. The van der Waals surface area contributed by atoms with Gasteiger partial charge in [0.2, 0.25) is 0 Å². The number of amides is 2. The smallest absolute Gasteiger partial charge is 0.411 e. The highest BCUT2D eigenvalue weighted by atomic mass is 35.5. The molecule has 0 saturated heterocycles. The molecule has 0 bridgehead atoms. The molecular formula is C15H14ClN3O3. The van der Waals surface area contributed by atoms with Gasteiger partial charge in [-0.3, -0.25) is 10.1 Å². The number of carbonyl (C=O) groups excluding carboxylic acids is 2. The summed E-state index contributed by atoms with van der Waals surface area (Å²) < 4.78 is 4.77. The fourth-order valence-electron chi connectivity index (χ4n) is 1.67. The number of hydrogen-bond donors (Lipinski definition) is 2. The number of ether oxygens (including phenoxy) is 1. The van der Waals surface area contributed by atoms with Crippen molar-refractivity contribution in [2.24, 2.45) is 0 Å². The van der Waals surface area contributed by atoms with Crippen molar-refractivity contribution in [3.05, 3.63) is 53.3 Å². The second-order valence-corrected chi connectivity index (χ2v) is 4.63. The molecule has 2 N–H and O–H groups in total. The van der Waals surface area contributed by atoms with Crippen LogP contribution in [0.25, 0.3) is 0 Å². The van der Waals surface area contributed by atoms with Crippen molar-refractivity contribution >= 4 is 35.0 Å². The summed E-state index contributed by atoms with van der Waals surface area (Å²) in [6.45, 7) is 2.03. The molecule has 0 unspecified atom stereocenters. The number of carbonyl (C=O) groups is 2. The lowest BCUT2D eigenvalue weighted by Crippen LogP contribution is -2.14. The molecule has 0 radical (unpaired) electrons. The van der Waals surface area contributed by atoms with Crippen molar-refractivity contribution < 1.29 is 14.3 Å². The molecule has 0 atom stereocenters. The lowest BCUT2D eigenvalue weighted by Gasteiger charge is -2.08. The van der Waals surface area contributed by atoms with E-state index in [1.165, 1.54) is 12.3 Å². The fourth-order valence-corrected chi connectivity index (χ4v) is 1.84. The molecule has 2 aromatic rings. The average Bonchev–Trinajstić information content (AvgIpc) is 2.49. The Hall–Kier alpha value is -2.60. The molecule has 1 aromatic heterocycles. The lowest BCUT2D eigenvalue weighted by atomic mass is 10.2. The zero-order valence-corrected chi connectivity index (χ0v) is 12.6. The van der Waals surface area contributed by atoms with Crippen LogP contribution >= 0.6 is 11.6 Å². The molecule has 0 aliphatic carbocycles. The average molecular weight is 320 g/mol. The lowest BCUT2D eigenvalue weighted by molar-refractivity contribution is 0.102. The van der Waals surface area contributed by atoms with Crippen LogP contribution in [0.3, 0.4) is 0 Å². The van der Waals surface area contributed by atoms with E-state index in [-0.39, 0.29) is 11.1 Å². The number of anilines is 2. The van der Waals surface area contributed by atoms with Gasteiger partial charge in [0.05, 0.1) is 6.61 Å². The summed E-state index contributed by atoms with van der Waals surface area (Å²) >= 11 is 5.74. The van der Waals surface area contributed by atoms with E-state index in [1.807, 2.05) is 0 Å². The van der Waals surface area contributed by atoms with Gasteiger partial charge < -0.3 is 10.1 Å². The van der Waals surface area contributed by atoms with E-state index in [0.29, 0.717) is 23.5 Å². The number of aromatic nitrogens is 1. The molecule has 2 rings (SSSR count). The standard InChI is InChI=1S/C15H14ClN3O3/c1-2-22-15(21)19-12-5-3-11(4-6-12)18-14(20)10-7-8-17-13(16)9-10/h3-9H,2H2,1H3,(H,18,20)(H,19,21). The van der Waals surface area contributed by atoms with Gasteiger partial charge in [-0.2, -0.15) is 0 Å². The van der Waals surface area contributed by atoms with E-state index >= 15 is 0 Å². The largest absolute Gasteiger partial charge is 0.450 e. The highest BCUT2D eigenvalue weighted by molar-refractivity contribution is 6.29. The number of halogens is 1. The van der Waals surface area contributed by atoms with Crippen LogP contribution in [0, 0.1) is 0 Å². The van der Waals surface area contributed by atoms with Crippen molar-refractivity contribution in [2.75, 3.05) is 17.2 Å². The molecule has 0 aliphatic heterocycles. The SMILES string of the molecule is CCOC(=O)Nc1ccc(NC(=O)c2ccnc(Cl)c2)cc1. The Morgan fingerprint density at radius 1 is 1.14 bits per heavy atom. The van der Waals surface area contributed by atoms with Crippen molar-refractivity contribution in [1.82, 2.24) is 4.98 Å². The van der Waals surface area contributed by atoms with Crippen LogP contribution in [0.15, 0.2) is 42.6 Å². The van der Waals surface area contributed by atoms with Gasteiger partial charge >= 0.3 is 6.09 Å². The maximum Gasteiger partial charge on any atom is 0.411 e. The normalized spacial score (nSPS) is 9.91. The van der Waals surface area contributed by atoms with Gasteiger partial charge in [0.1, 0.15) is 5.15 Å². The predicted octanol–water partition coefficient (Wildman–Crippen LogP) is 3.56. The Bertz CT molecular complexity index is 674. The molecule has 2 amide bonds. The van der Waals surface area contributed by atoms with E-state index in [1.54, 1.807) is 37.3 Å². The van der Waals surface area contributed by atoms with Crippen molar-refractivity contribution in [3.8, 4) is 0 Å². The summed E-state index contributed by atoms with van der Waals surface area (Å²) in [5.74, 6) is -0.296. The van der Waals surface area contributed by atoms with Crippen LogP contribution < -0.4 is 10.6 Å². The Balaban J connectivity index is 1.99. The first-order chi connectivity index (χ1) is 10.6. The van der Waals surface area contributed by atoms with Crippen molar-refractivity contribution in [2.45, 2.75) is 6.92 Å².